The third kappa shape index (κ3) is 4.48. The largest absolute Gasteiger partial charge is 0.493 e. The maximum Gasteiger partial charge on any atom is 0.153 e. The molecule has 0 amide bonds. The third-order valence-electron chi connectivity index (χ3n) is 4.19. The summed E-state index contributed by atoms with van der Waals surface area (Å²) in [5.74, 6) is 2.20. The van der Waals surface area contributed by atoms with Crippen molar-refractivity contribution in [2.75, 3.05) is 6.61 Å². The van der Waals surface area contributed by atoms with Crippen molar-refractivity contribution in [3.05, 3.63) is 23.8 Å². The summed E-state index contributed by atoms with van der Waals surface area (Å²) >= 11 is 0. The van der Waals surface area contributed by atoms with E-state index in [4.69, 9.17) is 9.47 Å². The molecule has 116 valence electrons. The van der Waals surface area contributed by atoms with Crippen LogP contribution < -0.4 is 9.47 Å². The summed E-state index contributed by atoms with van der Waals surface area (Å²) in [6.07, 6.45) is 7.95. The summed E-state index contributed by atoms with van der Waals surface area (Å²) in [5.41, 5.74) is 0.609. The standard InChI is InChI=1S/C18H26O3/c1-3-10-20-16-9-8-15(13-19)18(12-16)21-17-7-5-6-14(4-2)11-17/h8-9,12-14,17H,3-7,10-11H2,1-2H3. The van der Waals surface area contributed by atoms with E-state index in [2.05, 4.69) is 13.8 Å². The van der Waals surface area contributed by atoms with Gasteiger partial charge in [-0.3, -0.25) is 4.79 Å². The Kier molecular flexibility index (Phi) is 6.09. The van der Waals surface area contributed by atoms with E-state index in [0.29, 0.717) is 17.9 Å². The average molecular weight is 290 g/mol. The Morgan fingerprint density at radius 2 is 2.14 bits per heavy atom. The Labute approximate surface area is 127 Å². The highest BCUT2D eigenvalue weighted by Gasteiger charge is 2.23. The molecule has 2 atom stereocenters. The zero-order valence-electron chi connectivity index (χ0n) is 13.1. The molecule has 0 saturated heterocycles. The lowest BCUT2D eigenvalue weighted by molar-refractivity contribution is 0.108. The van der Waals surface area contributed by atoms with Crippen LogP contribution in [-0.2, 0) is 0 Å². The molecule has 1 aliphatic carbocycles. The summed E-state index contributed by atoms with van der Waals surface area (Å²) in [6.45, 7) is 4.99. The zero-order chi connectivity index (χ0) is 15.1. The van der Waals surface area contributed by atoms with Crippen LogP contribution in [0.4, 0.5) is 0 Å². The first-order chi connectivity index (χ1) is 10.3. The van der Waals surface area contributed by atoms with E-state index in [-0.39, 0.29) is 6.10 Å². The summed E-state index contributed by atoms with van der Waals surface area (Å²) in [5, 5.41) is 0. The van der Waals surface area contributed by atoms with E-state index in [1.807, 2.05) is 12.1 Å². The predicted octanol–water partition coefficient (Wildman–Crippen LogP) is 4.64. The molecular weight excluding hydrogens is 264 g/mol. The fraction of sp³-hybridized carbons (Fsp3) is 0.611. The molecule has 1 fully saturated rings. The number of benzene rings is 1. The second-order valence-electron chi connectivity index (χ2n) is 5.85. The molecule has 2 rings (SSSR count). The minimum absolute atomic E-state index is 0.226. The van der Waals surface area contributed by atoms with Crippen molar-refractivity contribution in [1.29, 1.82) is 0 Å². The third-order valence-corrected chi connectivity index (χ3v) is 4.19. The van der Waals surface area contributed by atoms with Gasteiger partial charge in [-0.25, -0.2) is 0 Å². The smallest absolute Gasteiger partial charge is 0.153 e. The molecule has 0 aliphatic heterocycles. The summed E-state index contributed by atoms with van der Waals surface area (Å²) in [4.78, 5) is 11.2. The molecule has 0 radical (unpaired) electrons. The van der Waals surface area contributed by atoms with E-state index in [9.17, 15) is 4.79 Å². The summed E-state index contributed by atoms with van der Waals surface area (Å²) in [6, 6.07) is 5.48. The molecular formula is C18H26O3. The van der Waals surface area contributed by atoms with E-state index >= 15 is 0 Å². The van der Waals surface area contributed by atoms with Gasteiger partial charge in [-0.15, -0.1) is 0 Å². The fourth-order valence-electron chi connectivity index (χ4n) is 2.92. The molecule has 1 aliphatic rings. The van der Waals surface area contributed by atoms with Gasteiger partial charge < -0.3 is 9.47 Å². The Morgan fingerprint density at radius 3 is 2.86 bits per heavy atom. The zero-order valence-corrected chi connectivity index (χ0v) is 13.1. The van der Waals surface area contributed by atoms with Gasteiger partial charge in [0.15, 0.2) is 6.29 Å². The molecule has 21 heavy (non-hydrogen) atoms. The first kappa shape index (κ1) is 15.9. The molecule has 0 heterocycles. The van der Waals surface area contributed by atoms with Gasteiger partial charge in [0, 0.05) is 6.07 Å². The lowest BCUT2D eigenvalue weighted by atomic mass is 9.85. The topological polar surface area (TPSA) is 35.5 Å². The van der Waals surface area contributed by atoms with Crippen molar-refractivity contribution < 1.29 is 14.3 Å². The summed E-state index contributed by atoms with van der Waals surface area (Å²) in [7, 11) is 0. The highest BCUT2D eigenvalue weighted by molar-refractivity contribution is 5.79. The summed E-state index contributed by atoms with van der Waals surface area (Å²) < 4.78 is 11.7. The van der Waals surface area contributed by atoms with Gasteiger partial charge in [-0.2, -0.15) is 0 Å². The highest BCUT2D eigenvalue weighted by atomic mass is 16.5. The first-order valence-corrected chi connectivity index (χ1v) is 8.15. The molecule has 1 aromatic carbocycles. The predicted molar refractivity (Wildman–Crippen MR) is 84.3 cm³/mol. The van der Waals surface area contributed by atoms with Crippen LogP contribution in [0.1, 0.15) is 62.7 Å². The van der Waals surface area contributed by atoms with Crippen LogP contribution in [0.5, 0.6) is 11.5 Å². The van der Waals surface area contributed by atoms with Crippen molar-refractivity contribution >= 4 is 6.29 Å². The Bertz CT molecular complexity index is 456. The maximum atomic E-state index is 11.2. The Balaban J connectivity index is 2.07. The molecule has 0 spiro atoms. The van der Waals surface area contributed by atoms with Crippen molar-refractivity contribution in [3.63, 3.8) is 0 Å². The van der Waals surface area contributed by atoms with Gasteiger partial charge in [0.1, 0.15) is 11.5 Å². The van der Waals surface area contributed by atoms with Crippen LogP contribution in [0.3, 0.4) is 0 Å². The quantitative estimate of drug-likeness (QED) is 0.686. The van der Waals surface area contributed by atoms with Crippen molar-refractivity contribution in [3.8, 4) is 11.5 Å². The molecule has 1 aromatic rings. The second kappa shape index (κ2) is 8.06. The van der Waals surface area contributed by atoms with E-state index in [1.165, 1.54) is 19.3 Å². The molecule has 1 saturated carbocycles. The minimum Gasteiger partial charge on any atom is -0.493 e. The fourth-order valence-corrected chi connectivity index (χ4v) is 2.92. The van der Waals surface area contributed by atoms with Crippen LogP contribution in [0.25, 0.3) is 0 Å². The lowest BCUT2D eigenvalue weighted by Crippen LogP contribution is -2.25. The minimum atomic E-state index is 0.226. The molecule has 3 nitrogen and oxygen atoms in total. The first-order valence-electron chi connectivity index (χ1n) is 8.15. The van der Waals surface area contributed by atoms with Crippen molar-refractivity contribution in [2.45, 2.75) is 58.5 Å². The number of rotatable bonds is 7. The number of hydrogen-bond donors (Lipinski definition) is 0. The number of ether oxygens (including phenoxy) is 2. The van der Waals surface area contributed by atoms with Gasteiger partial charge in [-0.05, 0) is 43.7 Å². The van der Waals surface area contributed by atoms with Crippen molar-refractivity contribution in [1.82, 2.24) is 0 Å². The van der Waals surface area contributed by atoms with Crippen LogP contribution in [0.15, 0.2) is 18.2 Å². The van der Waals surface area contributed by atoms with Gasteiger partial charge >= 0.3 is 0 Å². The van der Waals surface area contributed by atoms with E-state index < -0.39 is 0 Å². The second-order valence-corrected chi connectivity index (χ2v) is 5.85. The highest BCUT2D eigenvalue weighted by Crippen LogP contribution is 2.32. The van der Waals surface area contributed by atoms with Gasteiger partial charge in [0.25, 0.3) is 0 Å². The maximum absolute atomic E-state index is 11.2. The van der Waals surface area contributed by atoms with E-state index in [0.717, 1.165) is 37.2 Å². The molecule has 0 bridgehead atoms. The number of carbonyl (C=O) groups is 1. The molecule has 2 unspecified atom stereocenters. The number of aldehydes is 1. The Morgan fingerprint density at radius 1 is 1.29 bits per heavy atom. The van der Waals surface area contributed by atoms with Crippen LogP contribution in [0, 0.1) is 5.92 Å². The monoisotopic (exact) mass is 290 g/mol. The normalized spacial score (nSPS) is 21.8. The van der Waals surface area contributed by atoms with Crippen molar-refractivity contribution in [2.24, 2.45) is 5.92 Å². The number of hydrogen-bond acceptors (Lipinski definition) is 3. The van der Waals surface area contributed by atoms with Gasteiger partial charge in [0.2, 0.25) is 0 Å². The van der Waals surface area contributed by atoms with Crippen LogP contribution in [-0.4, -0.2) is 19.0 Å². The van der Waals surface area contributed by atoms with Gasteiger partial charge in [0.05, 0.1) is 18.3 Å². The van der Waals surface area contributed by atoms with E-state index in [1.54, 1.807) is 6.07 Å². The molecule has 3 heteroatoms. The number of carbonyl (C=O) groups excluding carboxylic acids is 1. The van der Waals surface area contributed by atoms with Gasteiger partial charge in [-0.1, -0.05) is 26.7 Å². The SMILES string of the molecule is CCCOc1ccc(C=O)c(OC2CCCC(CC)C2)c1. The Hall–Kier alpha value is -1.51. The lowest BCUT2D eigenvalue weighted by Gasteiger charge is -2.29. The molecule has 0 N–H and O–H groups in total. The molecule has 0 aromatic heterocycles. The average Bonchev–Trinajstić information content (AvgIpc) is 2.53. The van der Waals surface area contributed by atoms with Crippen LogP contribution >= 0.6 is 0 Å². The van der Waals surface area contributed by atoms with Crippen LogP contribution in [0.2, 0.25) is 0 Å².